The molecule has 1 N–H and O–H groups in total. The third-order valence-corrected chi connectivity index (χ3v) is 5.61. The van der Waals surface area contributed by atoms with Crippen LogP contribution in [0.2, 0.25) is 5.02 Å². The van der Waals surface area contributed by atoms with Gasteiger partial charge in [0, 0.05) is 23.9 Å². The lowest BCUT2D eigenvalue weighted by Gasteiger charge is -2.17. The predicted octanol–water partition coefficient (Wildman–Crippen LogP) is 4.64. The van der Waals surface area contributed by atoms with Gasteiger partial charge in [0.25, 0.3) is 5.56 Å². The van der Waals surface area contributed by atoms with Crippen molar-refractivity contribution in [3.05, 3.63) is 80.0 Å². The number of rotatable bonds is 8. The molecule has 0 atom stereocenters. The lowest BCUT2D eigenvalue weighted by atomic mass is 10.1. The Morgan fingerprint density at radius 1 is 1.30 bits per heavy atom. The van der Waals surface area contributed by atoms with Crippen LogP contribution in [0.25, 0.3) is 11.5 Å². The number of pyridine rings is 2. The molecule has 0 aliphatic rings. The van der Waals surface area contributed by atoms with Crippen LogP contribution in [0, 0.1) is 25.5 Å². The molecule has 9 nitrogen and oxygen atoms in total. The predicted molar refractivity (Wildman–Crippen MR) is 137 cm³/mol. The Bertz CT molecular complexity index is 1480. The van der Waals surface area contributed by atoms with E-state index in [1.165, 1.54) is 15.3 Å². The highest BCUT2D eigenvalue weighted by Crippen LogP contribution is 2.27. The third-order valence-electron chi connectivity index (χ3n) is 5.26. The van der Waals surface area contributed by atoms with Crippen LogP contribution >= 0.6 is 11.6 Å². The number of allylic oxidation sites excluding steroid dienone is 3. The molecule has 0 saturated heterocycles. The third kappa shape index (κ3) is 6.00. The van der Waals surface area contributed by atoms with Gasteiger partial charge in [-0.05, 0) is 48.3 Å². The van der Waals surface area contributed by atoms with Crippen LogP contribution in [0.15, 0.2) is 39.8 Å². The Balaban J connectivity index is 2.05. The molecule has 12 heteroatoms. The van der Waals surface area contributed by atoms with Crippen molar-refractivity contribution in [2.75, 3.05) is 0 Å². The Labute approximate surface area is 217 Å². The molecule has 3 aromatic heterocycles. The summed E-state index contributed by atoms with van der Waals surface area (Å²) in [5, 5.41) is 14.4. The molecule has 0 bridgehead atoms. The number of ether oxygens (including phenoxy) is 1. The molecule has 0 fully saturated rings. The Hall–Kier alpha value is -3.70. The van der Waals surface area contributed by atoms with Gasteiger partial charge in [0.15, 0.2) is 17.5 Å². The van der Waals surface area contributed by atoms with E-state index in [1.54, 1.807) is 47.6 Å². The summed E-state index contributed by atoms with van der Waals surface area (Å²) in [7, 11) is 0. The quantitative estimate of drug-likeness (QED) is 0.334. The Kier molecular flexibility index (Phi) is 8.09. The summed E-state index contributed by atoms with van der Waals surface area (Å²) in [6.07, 6.45) is 2.47. The van der Waals surface area contributed by atoms with Crippen LogP contribution in [0.1, 0.15) is 50.7 Å². The van der Waals surface area contributed by atoms with Crippen LogP contribution in [-0.2, 0) is 12.2 Å². The number of aliphatic hydroxyl groups is 1. The first-order chi connectivity index (χ1) is 17.2. The van der Waals surface area contributed by atoms with Crippen LogP contribution in [-0.4, -0.2) is 36.1 Å². The molecule has 196 valence electrons. The van der Waals surface area contributed by atoms with Crippen molar-refractivity contribution in [3.63, 3.8) is 0 Å². The number of hydrogen-bond acceptors (Lipinski definition) is 7. The summed E-state index contributed by atoms with van der Waals surface area (Å²) in [5.74, 6) is -0.756. The van der Waals surface area contributed by atoms with Crippen molar-refractivity contribution < 1.29 is 18.6 Å². The molecule has 37 heavy (non-hydrogen) atoms. The van der Waals surface area contributed by atoms with Crippen molar-refractivity contribution in [2.45, 2.75) is 53.8 Å². The second kappa shape index (κ2) is 10.7. The largest absolute Gasteiger partial charge is 0.485 e. The van der Waals surface area contributed by atoms with Gasteiger partial charge >= 0.3 is 0 Å². The number of aromatic nitrogens is 5. The SMILES string of the molecule is C=N/C(=C\C(=C(C)C)n1c(C)cc(OCc2ncc(F)cc2F)c(Cl)c1=O)n1nc(C(C)(C)O)nc1C. The topological polar surface area (TPSA) is 107 Å². The van der Waals surface area contributed by atoms with Gasteiger partial charge < -0.3 is 9.84 Å². The summed E-state index contributed by atoms with van der Waals surface area (Å²) < 4.78 is 35.4. The molecule has 3 aromatic rings. The van der Waals surface area contributed by atoms with E-state index in [0.717, 1.165) is 11.8 Å². The fourth-order valence-corrected chi connectivity index (χ4v) is 3.57. The summed E-state index contributed by atoms with van der Waals surface area (Å²) in [4.78, 5) is 25.3. The first kappa shape index (κ1) is 27.9. The van der Waals surface area contributed by atoms with Gasteiger partial charge in [-0.1, -0.05) is 17.2 Å². The smallest absolute Gasteiger partial charge is 0.277 e. The molecular weight excluding hydrogens is 506 g/mol. The molecule has 0 aliphatic heterocycles. The molecule has 0 unspecified atom stereocenters. The minimum Gasteiger partial charge on any atom is -0.485 e. The molecular formula is C25H27ClF2N6O3. The van der Waals surface area contributed by atoms with Crippen LogP contribution in [0.4, 0.5) is 8.78 Å². The number of nitrogens with zero attached hydrogens (tertiary/aromatic N) is 6. The molecule has 0 amide bonds. The van der Waals surface area contributed by atoms with Gasteiger partial charge in [0.1, 0.15) is 40.3 Å². The van der Waals surface area contributed by atoms with Gasteiger partial charge in [-0.3, -0.25) is 14.3 Å². The number of halogens is 3. The summed E-state index contributed by atoms with van der Waals surface area (Å²) in [6.45, 7) is 13.4. The molecule has 0 saturated carbocycles. The highest BCUT2D eigenvalue weighted by atomic mass is 35.5. The highest BCUT2D eigenvalue weighted by Gasteiger charge is 2.24. The summed E-state index contributed by atoms with van der Waals surface area (Å²) in [5.41, 5.74) is -0.348. The van der Waals surface area contributed by atoms with Crippen molar-refractivity contribution >= 4 is 29.8 Å². The average Bonchev–Trinajstić information content (AvgIpc) is 3.20. The fraction of sp³-hybridized carbons (Fsp3) is 0.320. The van der Waals surface area contributed by atoms with Crippen molar-refractivity contribution in [2.24, 2.45) is 4.99 Å². The average molecular weight is 533 g/mol. The van der Waals surface area contributed by atoms with E-state index in [0.29, 0.717) is 23.3 Å². The normalized spacial score (nSPS) is 12.0. The molecule has 0 radical (unpaired) electrons. The van der Waals surface area contributed by atoms with Crippen LogP contribution in [0.3, 0.4) is 0 Å². The Morgan fingerprint density at radius 3 is 2.51 bits per heavy atom. The lowest BCUT2D eigenvalue weighted by Crippen LogP contribution is -2.23. The zero-order valence-electron chi connectivity index (χ0n) is 21.3. The van der Waals surface area contributed by atoms with E-state index in [9.17, 15) is 18.7 Å². The highest BCUT2D eigenvalue weighted by molar-refractivity contribution is 6.31. The number of aliphatic imine (C=N–C) groups is 1. The molecule has 3 rings (SSSR count). The molecule has 0 spiro atoms. The maximum Gasteiger partial charge on any atom is 0.277 e. The molecule has 0 aliphatic carbocycles. The minimum absolute atomic E-state index is 0.0204. The monoisotopic (exact) mass is 532 g/mol. The van der Waals surface area contributed by atoms with E-state index in [4.69, 9.17) is 16.3 Å². The van der Waals surface area contributed by atoms with Gasteiger partial charge in [0.05, 0.1) is 11.9 Å². The second-order valence-corrected chi connectivity index (χ2v) is 9.35. The Morgan fingerprint density at radius 2 is 1.97 bits per heavy atom. The zero-order valence-corrected chi connectivity index (χ0v) is 22.1. The van der Waals surface area contributed by atoms with E-state index >= 15 is 0 Å². The first-order valence-electron chi connectivity index (χ1n) is 11.1. The molecule has 0 aromatic carbocycles. The maximum absolute atomic E-state index is 13.9. The number of hydrogen-bond donors (Lipinski definition) is 1. The molecule has 3 heterocycles. The van der Waals surface area contributed by atoms with E-state index in [2.05, 4.69) is 26.8 Å². The van der Waals surface area contributed by atoms with Crippen molar-refractivity contribution in [1.29, 1.82) is 0 Å². The van der Waals surface area contributed by atoms with Crippen molar-refractivity contribution in [3.8, 4) is 5.75 Å². The lowest BCUT2D eigenvalue weighted by molar-refractivity contribution is 0.0688. The van der Waals surface area contributed by atoms with Gasteiger partial charge in [0.2, 0.25) is 0 Å². The fourth-order valence-electron chi connectivity index (χ4n) is 3.38. The summed E-state index contributed by atoms with van der Waals surface area (Å²) >= 11 is 6.35. The van der Waals surface area contributed by atoms with E-state index < -0.39 is 22.8 Å². The van der Waals surface area contributed by atoms with Gasteiger partial charge in [-0.15, -0.1) is 5.10 Å². The minimum atomic E-state index is -1.27. The number of aryl methyl sites for hydroxylation is 2. The second-order valence-electron chi connectivity index (χ2n) is 8.97. The standard InChI is InChI=1S/C25H27ClF2N6O3/c1-13(2)19(10-21(29-7)34-15(4)31-24(32-34)25(5,6)36)33-14(3)8-20(22(26)23(33)35)37-12-18-17(28)9-16(27)11-30-18/h8-11,36H,7,12H2,1-6H3/b21-10+. The van der Waals surface area contributed by atoms with E-state index in [1.807, 2.05) is 0 Å². The van der Waals surface area contributed by atoms with E-state index in [-0.39, 0.29) is 34.7 Å². The first-order valence-corrected chi connectivity index (χ1v) is 11.5. The zero-order chi connectivity index (χ0) is 27.7. The van der Waals surface area contributed by atoms with Crippen LogP contribution < -0.4 is 10.3 Å². The summed E-state index contributed by atoms with van der Waals surface area (Å²) in [6, 6.07) is 2.21. The van der Waals surface area contributed by atoms with Gasteiger partial charge in [-0.25, -0.2) is 18.8 Å². The van der Waals surface area contributed by atoms with Crippen molar-refractivity contribution in [1.82, 2.24) is 24.3 Å². The van der Waals surface area contributed by atoms with Gasteiger partial charge in [-0.2, -0.15) is 4.68 Å². The maximum atomic E-state index is 13.9. The van der Waals surface area contributed by atoms with Crippen LogP contribution in [0.5, 0.6) is 5.75 Å².